The maximum absolute atomic E-state index is 13.4. The van der Waals surface area contributed by atoms with Gasteiger partial charge in [0.15, 0.2) is 0 Å². The van der Waals surface area contributed by atoms with Gasteiger partial charge in [0.1, 0.15) is 5.75 Å². The van der Waals surface area contributed by atoms with E-state index in [0.29, 0.717) is 38.0 Å². The fourth-order valence-electron chi connectivity index (χ4n) is 5.59. The van der Waals surface area contributed by atoms with Crippen molar-refractivity contribution in [2.45, 2.75) is 51.6 Å². The Morgan fingerprint density at radius 2 is 1.92 bits per heavy atom. The lowest BCUT2D eigenvalue weighted by molar-refractivity contribution is -0.135. The average molecular weight is 491 g/mol. The summed E-state index contributed by atoms with van der Waals surface area (Å²) in [5, 5.41) is 3.03. The van der Waals surface area contributed by atoms with Crippen LogP contribution in [0.2, 0.25) is 0 Å². The van der Waals surface area contributed by atoms with Gasteiger partial charge in [0.2, 0.25) is 11.8 Å². The minimum absolute atomic E-state index is 0.0640. The zero-order valence-corrected chi connectivity index (χ0v) is 21.1. The van der Waals surface area contributed by atoms with E-state index < -0.39 is 0 Å². The molecule has 2 atom stereocenters. The summed E-state index contributed by atoms with van der Waals surface area (Å²) in [7, 11) is 0. The second kappa shape index (κ2) is 11.9. The number of para-hydroxylation sites is 1. The molecule has 192 valence electrons. The molecule has 1 N–H and O–H groups in total. The number of nitrogens with zero attached hydrogens (tertiary/aromatic N) is 3. The van der Waals surface area contributed by atoms with Gasteiger partial charge in [0.25, 0.3) is 0 Å². The smallest absolute Gasteiger partial charge is 0.236 e. The number of amides is 2. The first kappa shape index (κ1) is 24.8. The summed E-state index contributed by atoms with van der Waals surface area (Å²) in [6.07, 6.45) is 7.51. The van der Waals surface area contributed by atoms with Crippen molar-refractivity contribution in [3.8, 4) is 5.75 Å². The Hall–Kier alpha value is -2.93. The van der Waals surface area contributed by atoms with Gasteiger partial charge in [-0.1, -0.05) is 24.3 Å². The maximum Gasteiger partial charge on any atom is 0.236 e. The third-order valence-electron chi connectivity index (χ3n) is 7.80. The Morgan fingerprint density at radius 3 is 2.75 bits per heavy atom. The Morgan fingerprint density at radius 1 is 1.06 bits per heavy atom. The van der Waals surface area contributed by atoms with E-state index in [2.05, 4.69) is 32.2 Å². The molecule has 1 aromatic carbocycles. The highest BCUT2D eigenvalue weighted by molar-refractivity contribution is 5.79. The monoisotopic (exact) mass is 490 g/mol. The molecule has 1 aliphatic carbocycles. The van der Waals surface area contributed by atoms with Gasteiger partial charge in [0.05, 0.1) is 25.4 Å². The van der Waals surface area contributed by atoms with Crippen LogP contribution in [0, 0.1) is 17.8 Å². The van der Waals surface area contributed by atoms with Gasteiger partial charge in [-0.05, 0) is 68.1 Å². The molecule has 2 amide bonds. The Labute approximate surface area is 214 Å². The number of pyridine rings is 1. The van der Waals surface area contributed by atoms with Crippen molar-refractivity contribution in [3.05, 3.63) is 59.9 Å². The number of benzene rings is 1. The van der Waals surface area contributed by atoms with Crippen LogP contribution in [-0.4, -0.2) is 59.4 Å². The lowest BCUT2D eigenvalue weighted by Crippen LogP contribution is -2.48. The minimum atomic E-state index is 0.0640. The highest BCUT2D eigenvalue weighted by Gasteiger charge is 2.34. The van der Waals surface area contributed by atoms with Crippen molar-refractivity contribution in [2.24, 2.45) is 17.8 Å². The van der Waals surface area contributed by atoms with Crippen LogP contribution in [-0.2, 0) is 22.7 Å². The van der Waals surface area contributed by atoms with Gasteiger partial charge in [0, 0.05) is 44.4 Å². The molecule has 36 heavy (non-hydrogen) atoms. The van der Waals surface area contributed by atoms with Gasteiger partial charge in [-0.25, -0.2) is 0 Å². The van der Waals surface area contributed by atoms with E-state index in [0.717, 1.165) is 62.4 Å². The van der Waals surface area contributed by atoms with Gasteiger partial charge in [-0.3, -0.25) is 19.5 Å². The quantitative estimate of drug-likeness (QED) is 0.669. The highest BCUT2D eigenvalue weighted by atomic mass is 16.5. The van der Waals surface area contributed by atoms with E-state index in [1.165, 1.54) is 12.8 Å². The molecule has 0 radical (unpaired) electrons. The van der Waals surface area contributed by atoms with E-state index in [1.54, 1.807) is 6.20 Å². The van der Waals surface area contributed by atoms with Crippen LogP contribution >= 0.6 is 0 Å². The fraction of sp³-hybridized carbons (Fsp3) is 0.552. The lowest BCUT2D eigenvalue weighted by atomic mass is 9.80. The van der Waals surface area contributed by atoms with Crippen molar-refractivity contribution < 1.29 is 14.3 Å². The van der Waals surface area contributed by atoms with E-state index in [4.69, 9.17) is 4.74 Å². The molecule has 1 aromatic heterocycles. The number of carbonyl (C=O) groups is 2. The van der Waals surface area contributed by atoms with Crippen LogP contribution in [0.5, 0.6) is 5.75 Å². The number of fused-ring (bicyclic) bond motifs is 3. The van der Waals surface area contributed by atoms with Crippen molar-refractivity contribution in [2.75, 3.05) is 32.8 Å². The molecule has 7 nitrogen and oxygen atoms in total. The summed E-state index contributed by atoms with van der Waals surface area (Å²) in [5.74, 6) is 2.51. The fourth-order valence-corrected chi connectivity index (χ4v) is 5.59. The molecule has 0 spiro atoms. The van der Waals surface area contributed by atoms with Crippen LogP contribution in [0.25, 0.3) is 0 Å². The maximum atomic E-state index is 13.4. The lowest BCUT2D eigenvalue weighted by Gasteiger charge is -2.39. The molecule has 2 aromatic rings. The van der Waals surface area contributed by atoms with Gasteiger partial charge >= 0.3 is 0 Å². The number of rotatable bonds is 6. The molecule has 3 aliphatic rings. The van der Waals surface area contributed by atoms with Crippen LogP contribution in [0.3, 0.4) is 0 Å². The molecule has 5 rings (SSSR count). The summed E-state index contributed by atoms with van der Waals surface area (Å²) >= 11 is 0. The number of nitrogens with one attached hydrogen (secondary N) is 1. The van der Waals surface area contributed by atoms with Crippen molar-refractivity contribution >= 4 is 11.8 Å². The molecule has 3 heterocycles. The third kappa shape index (κ3) is 6.84. The van der Waals surface area contributed by atoms with E-state index in [9.17, 15) is 9.59 Å². The standard InChI is InChI=1S/C29H38N4O3/c34-28(31-17-26-8-3-4-13-30-26)16-23-12-14-33-20-24(23)7-5-15-36-27-9-2-1-6-25(27)19-32(21-29(33)35)18-22-10-11-22/h1-4,6,8-9,13,22-24H,5,7,10-12,14-21H2,(H,31,34)/t23-,24-/m0/s1. The topological polar surface area (TPSA) is 74.8 Å². The van der Waals surface area contributed by atoms with Crippen molar-refractivity contribution in [1.82, 2.24) is 20.1 Å². The zero-order chi connectivity index (χ0) is 24.7. The predicted molar refractivity (Wildman–Crippen MR) is 138 cm³/mol. The van der Waals surface area contributed by atoms with Crippen LogP contribution < -0.4 is 10.1 Å². The summed E-state index contributed by atoms with van der Waals surface area (Å²) in [5.41, 5.74) is 2.02. The average Bonchev–Trinajstić information content (AvgIpc) is 3.71. The van der Waals surface area contributed by atoms with Crippen molar-refractivity contribution in [1.29, 1.82) is 0 Å². The highest BCUT2D eigenvalue weighted by Crippen LogP contribution is 2.33. The minimum Gasteiger partial charge on any atom is -0.493 e. The van der Waals surface area contributed by atoms with Gasteiger partial charge in [-0.15, -0.1) is 0 Å². The molecule has 2 fully saturated rings. The largest absolute Gasteiger partial charge is 0.493 e. The first-order valence-corrected chi connectivity index (χ1v) is 13.5. The third-order valence-corrected chi connectivity index (χ3v) is 7.80. The molecular weight excluding hydrogens is 452 g/mol. The Balaban J connectivity index is 1.24. The van der Waals surface area contributed by atoms with Crippen LogP contribution in [0.1, 0.15) is 49.8 Å². The summed E-state index contributed by atoms with van der Waals surface area (Å²) in [4.78, 5) is 34.8. The number of hydrogen-bond acceptors (Lipinski definition) is 5. The van der Waals surface area contributed by atoms with E-state index in [-0.39, 0.29) is 17.7 Å². The zero-order valence-electron chi connectivity index (χ0n) is 21.1. The van der Waals surface area contributed by atoms with Gasteiger partial charge < -0.3 is 15.0 Å². The molecule has 0 unspecified atom stereocenters. The molecular formula is C29H38N4O3. The SMILES string of the molecule is O=C(C[C@@H]1CCN2C[C@@H]1CCCOc1ccccc1CN(CC1CC1)CC2=O)NCc1ccccn1. The Bertz CT molecular complexity index is 1030. The molecule has 2 bridgehead atoms. The van der Waals surface area contributed by atoms with Crippen LogP contribution in [0.4, 0.5) is 0 Å². The number of aromatic nitrogens is 1. The summed E-state index contributed by atoms with van der Waals surface area (Å²) < 4.78 is 6.23. The van der Waals surface area contributed by atoms with Crippen LogP contribution in [0.15, 0.2) is 48.7 Å². The second-order valence-corrected chi connectivity index (χ2v) is 10.7. The summed E-state index contributed by atoms with van der Waals surface area (Å²) in [6.45, 7) is 4.74. The van der Waals surface area contributed by atoms with Crippen molar-refractivity contribution in [3.63, 3.8) is 0 Å². The van der Waals surface area contributed by atoms with Gasteiger partial charge in [-0.2, -0.15) is 0 Å². The molecule has 2 aliphatic heterocycles. The normalized spacial score (nSPS) is 23.4. The predicted octanol–water partition coefficient (Wildman–Crippen LogP) is 3.64. The first-order valence-electron chi connectivity index (χ1n) is 13.5. The molecule has 1 saturated carbocycles. The first-order chi connectivity index (χ1) is 17.6. The molecule has 7 heteroatoms. The second-order valence-electron chi connectivity index (χ2n) is 10.7. The Kier molecular flexibility index (Phi) is 8.16. The number of ether oxygens (including phenoxy) is 1. The van der Waals surface area contributed by atoms with E-state index in [1.807, 2.05) is 30.3 Å². The number of carbonyl (C=O) groups excluding carboxylic acids is 2. The number of piperidine rings is 1. The number of hydrogen-bond donors (Lipinski definition) is 1. The molecule has 1 saturated heterocycles. The van der Waals surface area contributed by atoms with E-state index >= 15 is 0 Å². The summed E-state index contributed by atoms with van der Waals surface area (Å²) in [6, 6.07) is 14.0.